The van der Waals surface area contributed by atoms with Crippen molar-refractivity contribution in [2.24, 2.45) is 0 Å². The summed E-state index contributed by atoms with van der Waals surface area (Å²) in [5.74, 6) is 7.76. The van der Waals surface area contributed by atoms with Gasteiger partial charge in [0, 0.05) is 12.0 Å². The third-order valence-electron chi connectivity index (χ3n) is 5.23. The van der Waals surface area contributed by atoms with Crippen LogP contribution in [0.5, 0.6) is 17.2 Å². The third-order valence-corrected chi connectivity index (χ3v) is 5.23. The molecule has 164 valence electrons. The molecule has 0 spiro atoms. The molecule has 32 heavy (non-hydrogen) atoms. The lowest BCUT2D eigenvalue weighted by atomic mass is 10.0. The van der Waals surface area contributed by atoms with Crippen LogP contribution in [0.4, 0.5) is 0 Å². The molecule has 3 aromatic rings. The van der Waals surface area contributed by atoms with Crippen LogP contribution in [0.3, 0.4) is 0 Å². The second-order valence-corrected chi connectivity index (χ2v) is 8.20. The summed E-state index contributed by atoms with van der Waals surface area (Å²) in [6.07, 6.45) is 0.856. The maximum Gasteiger partial charge on any atom is 0.256 e. The van der Waals surface area contributed by atoms with Crippen LogP contribution in [-0.2, 0) is 6.42 Å². The lowest BCUT2D eigenvalue weighted by molar-refractivity contribution is 0.0956. The lowest BCUT2D eigenvalue weighted by Gasteiger charge is -2.17. The maximum atomic E-state index is 12.9. The third kappa shape index (κ3) is 4.65. The standard InChI is InChI=1S/C27H27NO4/c1-4-30-22-15-14-19-10-5-6-12-21(19)24(22)26(29)28-16-7-8-17-31-23-13-9-11-20-18-27(2,3)32-25(20)23/h5-6,9-15H,4,16-18H2,1-3H3,(H,28,29). The van der Waals surface area contributed by atoms with E-state index < -0.39 is 0 Å². The Labute approximate surface area is 188 Å². The topological polar surface area (TPSA) is 56.8 Å². The molecule has 4 rings (SSSR count). The van der Waals surface area contributed by atoms with Crippen molar-refractivity contribution in [2.45, 2.75) is 32.8 Å². The Balaban J connectivity index is 1.38. The van der Waals surface area contributed by atoms with Gasteiger partial charge in [-0.1, -0.05) is 54.3 Å². The predicted molar refractivity (Wildman–Crippen MR) is 126 cm³/mol. The van der Waals surface area contributed by atoms with Crippen LogP contribution in [0.1, 0.15) is 36.7 Å². The molecule has 0 saturated heterocycles. The molecule has 1 amide bonds. The Kier molecular flexibility index (Phi) is 6.23. The van der Waals surface area contributed by atoms with Crippen molar-refractivity contribution in [2.75, 3.05) is 19.8 Å². The molecule has 0 saturated carbocycles. The van der Waals surface area contributed by atoms with Gasteiger partial charge in [0.25, 0.3) is 5.91 Å². The number of carbonyl (C=O) groups is 1. The molecule has 1 aliphatic rings. The average Bonchev–Trinajstić information content (AvgIpc) is 3.10. The van der Waals surface area contributed by atoms with Crippen LogP contribution in [0, 0.1) is 11.8 Å². The number of benzene rings is 3. The molecule has 1 heterocycles. The minimum Gasteiger partial charge on any atom is -0.493 e. The van der Waals surface area contributed by atoms with Gasteiger partial charge in [-0.25, -0.2) is 0 Å². The number of para-hydroxylation sites is 1. The Morgan fingerprint density at radius 2 is 1.88 bits per heavy atom. The minimum atomic E-state index is -0.223. The summed E-state index contributed by atoms with van der Waals surface area (Å²) in [4.78, 5) is 12.9. The number of amides is 1. The summed E-state index contributed by atoms with van der Waals surface area (Å²) < 4.78 is 17.5. The summed E-state index contributed by atoms with van der Waals surface area (Å²) in [6, 6.07) is 17.5. The summed E-state index contributed by atoms with van der Waals surface area (Å²) in [6.45, 7) is 6.94. The molecule has 0 bridgehead atoms. The number of hydrogen-bond acceptors (Lipinski definition) is 4. The van der Waals surface area contributed by atoms with E-state index in [0.717, 1.165) is 28.5 Å². The lowest BCUT2D eigenvalue weighted by Crippen LogP contribution is -2.24. The molecule has 3 aromatic carbocycles. The van der Waals surface area contributed by atoms with Crippen molar-refractivity contribution >= 4 is 16.7 Å². The molecule has 0 fully saturated rings. The Morgan fingerprint density at radius 3 is 2.72 bits per heavy atom. The largest absolute Gasteiger partial charge is 0.493 e. The molecule has 0 aliphatic carbocycles. The molecule has 5 nitrogen and oxygen atoms in total. The van der Waals surface area contributed by atoms with Gasteiger partial charge in [-0.3, -0.25) is 4.79 Å². The van der Waals surface area contributed by atoms with E-state index in [1.54, 1.807) is 0 Å². The Bertz CT molecular complexity index is 1200. The molecule has 0 radical (unpaired) electrons. The zero-order valence-electron chi connectivity index (χ0n) is 18.7. The summed E-state index contributed by atoms with van der Waals surface area (Å²) in [5.41, 5.74) is 1.45. The van der Waals surface area contributed by atoms with Crippen molar-refractivity contribution in [1.29, 1.82) is 0 Å². The van der Waals surface area contributed by atoms with E-state index in [1.807, 2.05) is 55.5 Å². The second-order valence-electron chi connectivity index (χ2n) is 8.20. The molecule has 0 aromatic heterocycles. The Hall–Kier alpha value is -3.65. The summed E-state index contributed by atoms with van der Waals surface area (Å²) in [7, 11) is 0. The van der Waals surface area contributed by atoms with Crippen molar-refractivity contribution in [3.05, 3.63) is 65.7 Å². The fraction of sp³-hybridized carbons (Fsp3) is 0.296. The van der Waals surface area contributed by atoms with E-state index in [9.17, 15) is 4.79 Å². The van der Waals surface area contributed by atoms with Crippen molar-refractivity contribution in [3.8, 4) is 29.1 Å². The first kappa shape index (κ1) is 21.6. The van der Waals surface area contributed by atoms with E-state index in [4.69, 9.17) is 14.2 Å². The second kappa shape index (κ2) is 9.23. The number of hydrogen-bond donors (Lipinski definition) is 1. The van der Waals surface area contributed by atoms with Gasteiger partial charge in [-0.05, 0) is 43.7 Å². The highest BCUT2D eigenvalue weighted by molar-refractivity contribution is 6.09. The fourth-order valence-corrected chi connectivity index (χ4v) is 3.90. The van der Waals surface area contributed by atoms with Crippen LogP contribution in [0.25, 0.3) is 10.8 Å². The SMILES string of the molecule is CCOc1ccc2ccccc2c1C(=O)NCC#CCOc1cccc2c1OC(C)(C)C2. The fourth-order valence-electron chi connectivity index (χ4n) is 3.90. The molecule has 5 heteroatoms. The van der Waals surface area contributed by atoms with Crippen molar-refractivity contribution in [3.63, 3.8) is 0 Å². The molecule has 1 aliphatic heterocycles. The quantitative estimate of drug-likeness (QED) is 0.574. The van der Waals surface area contributed by atoms with Gasteiger partial charge in [0.15, 0.2) is 11.5 Å². The molecular formula is C27H27NO4. The first-order chi connectivity index (χ1) is 15.5. The minimum absolute atomic E-state index is 0.211. The summed E-state index contributed by atoms with van der Waals surface area (Å²) in [5, 5.41) is 4.71. The highest BCUT2D eigenvalue weighted by atomic mass is 16.5. The van der Waals surface area contributed by atoms with Crippen LogP contribution < -0.4 is 19.5 Å². The first-order valence-electron chi connectivity index (χ1n) is 10.8. The van der Waals surface area contributed by atoms with E-state index >= 15 is 0 Å². The van der Waals surface area contributed by atoms with Crippen LogP contribution in [-0.4, -0.2) is 31.3 Å². The predicted octanol–water partition coefficient (Wildman–Crippen LogP) is 4.76. The van der Waals surface area contributed by atoms with Crippen LogP contribution in [0.2, 0.25) is 0 Å². The normalized spacial score (nSPS) is 13.5. The van der Waals surface area contributed by atoms with Gasteiger partial charge >= 0.3 is 0 Å². The van der Waals surface area contributed by atoms with Crippen molar-refractivity contribution in [1.82, 2.24) is 5.32 Å². The van der Waals surface area contributed by atoms with Gasteiger partial charge in [-0.15, -0.1) is 0 Å². The number of nitrogens with one attached hydrogen (secondary N) is 1. The van der Waals surface area contributed by atoms with Gasteiger partial charge < -0.3 is 19.5 Å². The molecular weight excluding hydrogens is 402 g/mol. The zero-order valence-corrected chi connectivity index (χ0v) is 18.7. The van der Waals surface area contributed by atoms with Gasteiger partial charge in [-0.2, -0.15) is 0 Å². The Morgan fingerprint density at radius 1 is 1.03 bits per heavy atom. The number of carbonyl (C=O) groups excluding carboxylic acids is 1. The smallest absolute Gasteiger partial charge is 0.256 e. The molecule has 0 atom stereocenters. The van der Waals surface area contributed by atoms with Gasteiger partial charge in [0.2, 0.25) is 0 Å². The van der Waals surface area contributed by atoms with Crippen LogP contribution >= 0.6 is 0 Å². The van der Waals surface area contributed by atoms with Gasteiger partial charge in [0.05, 0.1) is 18.7 Å². The average molecular weight is 430 g/mol. The van der Waals surface area contributed by atoms with E-state index in [0.29, 0.717) is 23.7 Å². The van der Waals surface area contributed by atoms with Crippen LogP contribution in [0.15, 0.2) is 54.6 Å². The van der Waals surface area contributed by atoms with Crippen molar-refractivity contribution < 1.29 is 19.0 Å². The van der Waals surface area contributed by atoms with E-state index in [1.165, 1.54) is 0 Å². The number of ether oxygens (including phenoxy) is 3. The van der Waals surface area contributed by atoms with E-state index in [-0.39, 0.29) is 24.7 Å². The zero-order chi connectivity index (χ0) is 22.6. The highest BCUT2D eigenvalue weighted by Crippen LogP contribution is 2.41. The number of rotatable bonds is 6. The highest BCUT2D eigenvalue weighted by Gasteiger charge is 2.32. The van der Waals surface area contributed by atoms with E-state index in [2.05, 4.69) is 37.1 Å². The number of fused-ring (bicyclic) bond motifs is 2. The molecule has 0 unspecified atom stereocenters. The first-order valence-corrected chi connectivity index (χ1v) is 10.8. The molecule has 1 N–H and O–H groups in total. The maximum absolute atomic E-state index is 12.9. The van der Waals surface area contributed by atoms with Gasteiger partial charge in [0.1, 0.15) is 18.0 Å². The summed E-state index contributed by atoms with van der Waals surface area (Å²) >= 11 is 0. The monoisotopic (exact) mass is 429 g/mol.